The van der Waals surface area contributed by atoms with Gasteiger partial charge in [-0.25, -0.2) is 0 Å². The zero-order valence-corrected chi connectivity index (χ0v) is 17.9. The van der Waals surface area contributed by atoms with Crippen LogP contribution in [0.4, 0.5) is 5.69 Å². The van der Waals surface area contributed by atoms with Crippen LogP contribution in [0.15, 0.2) is 47.4 Å². The zero-order valence-electron chi connectivity index (χ0n) is 17.1. The fraction of sp³-hybridized carbons (Fsp3) is 0.417. The molecule has 4 nitrogen and oxygen atoms in total. The van der Waals surface area contributed by atoms with Crippen molar-refractivity contribution in [3.63, 3.8) is 0 Å². The van der Waals surface area contributed by atoms with Gasteiger partial charge in [0.15, 0.2) is 0 Å². The van der Waals surface area contributed by atoms with Crippen molar-refractivity contribution in [2.45, 2.75) is 57.0 Å². The molecule has 1 heterocycles. The molecule has 0 bridgehead atoms. The maximum atomic E-state index is 12.9. The highest BCUT2D eigenvalue weighted by Crippen LogP contribution is 2.37. The topological polar surface area (TPSA) is 49.4 Å². The molecule has 0 spiro atoms. The van der Waals surface area contributed by atoms with Gasteiger partial charge >= 0.3 is 0 Å². The first-order valence-electron chi connectivity index (χ1n) is 10.4. The van der Waals surface area contributed by atoms with E-state index in [0.717, 1.165) is 22.6 Å². The fourth-order valence-corrected chi connectivity index (χ4v) is 5.09. The van der Waals surface area contributed by atoms with Crippen molar-refractivity contribution in [3.05, 3.63) is 59.2 Å². The van der Waals surface area contributed by atoms with Gasteiger partial charge in [-0.3, -0.25) is 9.59 Å². The number of amides is 2. The van der Waals surface area contributed by atoms with Crippen molar-refractivity contribution in [3.8, 4) is 0 Å². The van der Waals surface area contributed by atoms with Gasteiger partial charge in [0.05, 0.1) is 18.0 Å². The first-order valence-corrected chi connectivity index (χ1v) is 11.4. The van der Waals surface area contributed by atoms with Gasteiger partial charge in [-0.1, -0.05) is 49.6 Å². The van der Waals surface area contributed by atoms with E-state index in [9.17, 15) is 9.59 Å². The molecule has 2 aromatic carbocycles. The lowest BCUT2D eigenvalue weighted by molar-refractivity contribution is -0.116. The van der Waals surface area contributed by atoms with Gasteiger partial charge in [0.25, 0.3) is 5.91 Å². The van der Waals surface area contributed by atoms with Crippen molar-refractivity contribution in [1.29, 1.82) is 0 Å². The fourth-order valence-electron chi connectivity index (χ4n) is 4.18. The molecule has 152 valence electrons. The molecule has 0 saturated heterocycles. The minimum absolute atomic E-state index is 0.0372. The second-order valence-electron chi connectivity index (χ2n) is 8.28. The van der Waals surface area contributed by atoms with Gasteiger partial charge < -0.3 is 10.2 Å². The van der Waals surface area contributed by atoms with Crippen LogP contribution in [0.1, 0.15) is 54.1 Å². The number of aryl methyl sites for hydroxylation is 1. The Bertz CT molecular complexity index is 910. The van der Waals surface area contributed by atoms with Crippen LogP contribution in [-0.4, -0.2) is 23.6 Å². The average molecular weight is 409 g/mol. The van der Waals surface area contributed by atoms with Crippen molar-refractivity contribution >= 4 is 29.3 Å². The molecular weight excluding hydrogens is 380 g/mol. The lowest BCUT2D eigenvalue weighted by Gasteiger charge is -2.31. The summed E-state index contributed by atoms with van der Waals surface area (Å²) in [7, 11) is 0. The highest BCUT2D eigenvalue weighted by atomic mass is 32.2. The summed E-state index contributed by atoms with van der Waals surface area (Å²) in [4.78, 5) is 28.5. The Morgan fingerprint density at radius 2 is 1.90 bits per heavy atom. The highest BCUT2D eigenvalue weighted by molar-refractivity contribution is 8.00. The molecule has 2 amide bonds. The number of hydrogen-bond donors (Lipinski definition) is 1. The summed E-state index contributed by atoms with van der Waals surface area (Å²) in [6.45, 7) is 4.80. The van der Waals surface area contributed by atoms with Crippen molar-refractivity contribution in [1.82, 2.24) is 5.32 Å². The molecule has 1 aliphatic carbocycles. The van der Waals surface area contributed by atoms with Gasteiger partial charge in [0.2, 0.25) is 5.91 Å². The van der Waals surface area contributed by atoms with Gasteiger partial charge in [0.1, 0.15) is 0 Å². The molecule has 1 N–H and O–H groups in total. The quantitative estimate of drug-likeness (QED) is 0.779. The third-order valence-corrected chi connectivity index (χ3v) is 7.10. The zero-order chi connectivity index (χ0) is 20.4. The van der Waals surface area contributed by atoms with Crippen LogP contribution in [-0.2, 0) is 11.3 Å². The van der Waals surface area contributed by atoms with E-state index in [1.54, 1.807) is 11.8 Å². The van der Waals surface area contributed by atoms with Crippen LogP contribution >= 0.6 is 11.8 Å². The molecular formula is C24H28N2O2S. The molecule has 2 aromatic rings. The predicted molar refractivity (Wildman–Crippen MR) is 118 cm³/mol. The number of fused-ring (bicyclic) bond motifs is 1. The Labute approximate surface area is 177 Å². The van der Waals surface area contributed by atoms with Crippen molar-refractivity contribution in [2.75, 3.05) is 10.7 Å². The molecule has 29 heavy (non-hydrogen) atoms. The number of rotatable bonds is 4. The van der Waals surface area contributed by atoms with Gasteiger partial charge in [-0.2, -0.15) is 0 Å². The second-order valence-corrected chi connectivity index (χ2v) is 9.30. The number of hydrogen-bond acceptors (Lipinski definition) is 3. The average Bonchev–Trinajstić information content (AvgIpc) is 2.73. The maximum absolute atomic E-state index is 12.9. The first-order chi connectivity index (χ1) is 14.0. The summed E-state index contributed by atoms with van der Waals surface area (Å²) in [6.07, 6.45) is 4.64. The molecule has 1 saturated carbocycles. The van der Waals surface area contributed by atoms with E-state index < -0.39 is 0 Å². The number of anilines is 1. The Hall–Kier alpha value is -2.27. The Kier molecular flexibility index (Phi) is 5.95. The smallest absolute Gasteiger partial charge is 0.251 e. The van der Waals surface area contributed by atoms with Gasteiger partial charge in [0, 0.05) is 16.5 Å². The molecule has 5 heteroatoms. The molecule has 2 unspecified atom stereocenters. The van der Waals surface area contributed by atoms with E-state index >= 15 is 0 Å². The van der Waals surface area contributed by atoms with Crippen LogP contribution in [0.25, 0.3) is 0 Å². The summed E-state index contributed by atoms with van der Waals surface area (Å²) in [5.41, 5.74) is 3.76. The number of nitrogens with zero attached hydrogens (tertiary/aromatic N) is 1. The van der Waals surface area contributed by atoms with Crippen molar-refractivity contribution in [2.24, 2.45) is 5.92 Å². The monoisotopic (exact) mass is 408 g/mol. The van der Waals surface area contributed by atoms with Crippen LogP contribution in [0.2, 0.25) is 0 Å². The minimum Gasteiger partial charge on any atom is -0.349 e. The first kappa shape index (κ1) is 20.0. The molecule has 2 atom stereocenters. The van der Waals surface area contributed by atoms with E-state index in [1.165, 1.54) is 24.8 Å². The van der Waals surface area contributed by atoms with Crippen molar-refractivity contribution < 1.29 is 9.59 Å². The molecule has 2 aliphatic rings. The summed E-state index contributed by atoms with van der Waals surface area (Å²) >= 11 is 1.55. The normalized spacial score (nSPS) is 21.6. The molecule has 0 aromatic heterocycles. The Morgan fingerprint density at radius 1 is 1.14 bits per heavy atom. The predicted octanol–water partition coefficient (Wildman–Crippen LogP) is 4.94. The third-order valence-electron chi connectivity index (χ3n) is 6.05. The van der Waals surface area contributed by atoms with Crippen LogP contribution < -0.4 is 10.2 Å². The Morgan fingerprint density at radius 3 is 2.66 bits per heavy atom. The standard InChI is InChI=1S/C24H28N2O2S/c1-16-7-9-18(10-8-16)14-26-21-13-19(11-12-22(21)29-15-23(26)27)24(28)25-20-6-4-3-5-17(20)2/h7-13,17,20H,3-6,14-15H2,1-2H3,(H,25,28). The van der Waals surface area contributed by atoms with Crippen LogP contribution in [0.5, 0.6) is 0 Å². The molecule has 1 fully saturated rings. The summed E-state index contributed by atoms with van der Waals surface area (Å²) in [6, 6.07) is 14.2. The van der Waals surface area contributed by atoms with Crippen LogP contribution in [0.3, 0.4) is 0 Å². The third kappa shape index (κ3) is 4.50. The van der Waals surface area contributed by atoms with Gasteiger partial charge in [-0.15, -0.1) is 11.8 Å². The minimum atomic E-state index is -0.0372. The van der Waals surface area contributed by atoms with E-state index in [1.807, 2.05) is 23.1 Å². The van der Waals surface area contributed by atoms with Crippen LogP contribution in [0, 0.1) is 12.8 Å². The summed E-state index contributed by atoms with van der Waals surface area (Å²) in [5.74, 6) is 0.996. The molecule has 0 radical (unpaired) electrons. The number of thioether (sulfide) groups is 1. The SMILES string of the molecule is Cc1ccc(CN2C(=O)CSc3ccc(C(=O)NC4CCCCC4C)cc32)cc1. The number of benzene rings is 2. The second kappa shape index (κ2) is 8.62. The Balaban J connectivity index is 1.56. The molecule has 1 aliphatic heterocycles. The number of nitrogens with one attached hydrogen (secondary N) is 1. The molecule has 4 rings (SSSR count). The van der Waals surface area contributed by atoms with E-state index in [4.69, 9.17) is 0 Å². The number of carbonyl (C=O) groups excluding carboxylic acids is 2. The lowest BCUT2D eigenvalue weighted by Crippen LogP contribution is -2.41. The largest absolute Gasteiger partial charge is 0.349 e. The summed E-state index contributed by atoms with van der Waals surface area (Å²) < 4.78 is 0. The lowest BCUT2D eigenvalue weighted by atomic mass is 9.86. The van der Waals surface area contributed by atoms with E-state index in [0.29, 0.717) is 23.8 Å². The van der Waals surface area contributed by atoms with Gasteiger partial charge in [-0.05, 0) is 49.4 Å². The number of carbonyl (C=O) groups is 2. The summed E-state index contributed by atoms with van der Waals surface area (Å²) in [5, 5.41) is 3.22. The maximum Gasteiger partial charge on any atom is 0.251 e. The highest BCUT2D eigenvalue weighted by Gasteiger charge is 2.27. The van der Waals surface area contributed by atoms with E-state index in [2.05, 4.69) is 43.4 Å². The van der Waals surface area contributed by atoms with E-state index in [-0.39, 0.29) is 17.9 Å².